The molecule has 58 valence electrons. The van der Waals surface area contributed by atoms with Crippen LogP contribution in [0.15, 0.2) is 23.1 Å². The Morgan fingerprint density at radius 1 is 1.58 bits per heavy atom. The van der Waals surface area contributed by atoms with Gasteiger partial charge in [-0.05, 0) is 6.07 Å². The number of rotatable bonds is 1. The molecule has 0 bridgehead atoms. The first-order chi connectivity index (χ1) is 5.25. The number of hydrogen-bond donors (Lipinski definition) is 1. The van der Waals surface area contributed by atoms with Gasteiger partial charge in [-0.1, -0.05) is 6.07 Å². The molecule has 1 rings (SSSR count). The molecule has 1 amide bonds. The van der Waals surface area contributed by atoms with Gasteiger partial charge in [0.2, 0.25) is 0 Å². The van der Waals surface area contributed by atoms with Crippen molar-refractivity contribution < 1.29 is 63.0 Å². The fourth-order valence-corrected chi connectivity index (χ4v) is 0.698. The van der Waals surface area contributed by atoms with Crippen LogP contribution in [0.25, 0.3) is 0 Å². The summed E-state index contributed by atoms with van der Waals surface area (Å²) in [7, 11) is 1.47. The van der Waals surface area contributed by atoms with Gasteiger partial charge in [-0.2, -0.15) is 6.20 Å². The Bertz CT molecular complexity index is 321. The van der Waals surface area contributed by atoms with Crippen LogP contribution in [0, 0.1) is 0 Å². The largest absolute Gasteiger partial charge is 1.00 e. The molecular formula is C7H7N2O2Rb. The zero-order valence-corrected chi connectivity index (χ0v) is 11.9. The predicted octanol–water partition coefficient (Wildman–Crippen LogP) is -3.63. The summed E-state index contributed by atoms with van der Waals surface area (Å²) in [6.45, 7) is 0. The Morgan fingerprint density at radius 3 is 2.75 bits per heavy atom. The Morgan fingerprint density at radius 2 is 2.25 bits per heavy atom. The summed E-state index contributed by atoms with van der Waals surface area (Å²) in [5.74, 6) is -0.400. The van der Waals surface area contributed by atoms with Crippen molar-refractivity contribution >= 4 is 5.91 Å². The first kappa shape index (κ1) is 12.2. The van der Waals surface area contributed by atoms with E-state index in [-0.39, 0.29) is 63.8 Å². The molecule has 0 fully saturated rings. The fraction of sp³-hybridized carbons (Fsp3) is 0.143. The van der Waals surface area contributed by atoms with Crippen molar-refractivity contribution in [1.82, 2.24) is 10.3 Å². The Labute approximate surface area is 119 Å². The molecule has 1 aromatic heterocycles. The van der Waals surface area contributed by atoms with E-state index >= 15 is 0 Å². The van der Waals surface area contributed by atoms with E-state index < -0.39 is 11.5 Å². The van der Waals surface area contributed by atoms with E-state index in [1.165, 1.54) is 19.3 Å². The number of aromatic nitrogens is 1. The predicted molar refractivity (Wildman–Crippen MR) is 39.4 cm³/mol. The Balaban J connectivity index is 0.00000121. The van der Waals surface area contributed by atoms with Crippen LogP contribution >= 0.6 is 0 Å². The molecular weight excluding hydrogens is 230 g/mol. The number of carbonyl (C=O) groups is 1. The minimum atomic E-state index is -0.494. The summed E-state index contributed by atoms with van der Waals surface area (Å²) < 4.78 is 0. The normalized spacial score (nSPS) is 8.42. The van der Waals surface area contributed by atoms with Crippen LogP contribution in [0.3, 0.4) is 0 Å². The van der Waals surface area contributed by atoms with Gasteiger partial charge in [-0.3, -0.25) is 4.79 Å². The van der Waals surface area contributed by atoms with Crippen molar-refractivity contribution in [2.45, 2.75) is 0 Å². The maximum absolute atomic E-state index is 10.9. The van der Waals surface area contributed by atoms with Gasteiger partial charge in [0, 0.05) is 7.05 Å². The average Bonchev–Trinajstić information content (AvgIpc) is 2.04. The fourth-order valence-electron chi connectivity index (χ4n) is 0.698. The van der Waals surface area contributed by atoms with Crippen LogP contribution in [-0.2, 0) is 0 Å². The molecule has 1 heterocycles. The molecule has 0 spiro atoms. The van der Waals surface area contributed by atoms with Crippen LogP contribution in [0.1, 0.15) is 10.4 Å². The first-order valence-electron chi connectivity index (χ1n) is 3.10. The van der Waals surface area contributed by atoms with Gasteiger partial charge >= 0.3 is 58.2 Å². The Kier molecular flexibility index (Phi) is 5.91. The molecule has 0 aliphatic carbocycles. The van der Waals surface area contributed by atoms with Gasteiger partial charge in [0.15, 0.2) is 0 Å². The van der Waals surface area contributed by atoms with Gasteiger partial charge in [-0.25, -0.2) is 0 Å². The number of amides is 1. The summed E-state index contributed by atoms with van der Waals surface area (Å²) in [4.78, 5) is 25.2. The average molecular weight is 237 g/mol. The van der Waals surface area contributed by atoms with Crippen molar-refractivity contribution in [3.05, 3.63) is 34.2 Å². The second kappa shape index (κ2) is 5.80. The maximum atomic E-state index is 10.9. The van der Waals surface area contributed by atoms with Crippen LogP contribution in [0.4, 0.5) is 0 Å². The molecule has 4 nitrogen and oxygen atoms in total. The van der Waals surface area contributed by atoms with Crippen LogP contribution in [-0.4, -0.2) is 13.0 Å². The third kappa shape index (κ3) is 2.93. The van der Waals surface area contributed by atoms with Gasteiger partial charge in [0.1, 0.15) is 0 Å². The topological polar surface area (TPSA) is 60.3 Å². The molecule has 0 radical (unpaired) electrons. The quantitative estimate of drug-likeness (QED) is 0.548. The van der Waals surface area contributed by atoms with E-state index in [1.54, 1.807) is 6.07 Å². The van der Waals surface area contributed by atoms with Gasteiger partial charge in [-0.15, -0.1) is 0 Å². The van der Waals surface area contributed by atoms with Crippen molar-refractivity contribution in [3.63, 3.8) is 0 Å². The standard InChI is InChI=1S/C7H8N2O2.Rb/c1-8-6(10)5-3-2-4-9-7(5)11;/h2-4H,1H3,(H2,8,9,10,11);/q;+1/p-1. The van der Waals surface area contributed by atoms with E-state index in [0.29, 0.717) is 0 Å². The molecule has 0 aliphatic heterocycles. The number of carbonyl (C=O) groups excluding carboxylic acids is 1. The molecule has 0 aromatic carbocycles. The summed E-state index contributed by atoms with van der Waals surface area (Å²) in [6.07, 6.45) is 1.36. The summed E-state index contributed by atoms with van der Waals surface area (Å²) in [6, 6.07) is 2.99. The molecule has 12 heavy (non-hydrogen) atoms. The first-order valence-corrected chi connectivity index (χ1v) is 3.10. The minimum Gasteiger partial charge on any atom is -0.629 e. The molecule has 0 atom stereocenters. The molecule has 0 saturated heterocycles. The molecule has 0 unspecified atom stereocenters. The summed E-state index contributed by atoms with van der Waals surface area (Å²) in [5.41, 5.74) is -0.415. The van der Waals surface area contributed by atoms with E-state index in [4.69, 9.17) is 0 Å². The van der Waals surface area contributed by atoms with E-state index in [2.05, 4.69) is 10.3 Å². The minimum absolute atomic E-state index is 0. The maximum Gasteiger partial charge on any atom is 1.00 e. The number of hydrogen-bond acceptors (Lipinski definition) is 2. The van der Waals surface area contributed by atoms with Gasteiger partial charge in [0.25, 0.3) is 5.91 Å². The molecule has 1 N–H and O–H groups in total. The van der Waals surface area contributed by atoms with Crippen molar-refractivity contribution in [2.24, 2.45) is 0 Å². The van der Waals surface area contributed by atoms with E-state index in [9.17, 15) is 9.59 Å². The Hall–Kier alpha value is 0.225. The monoisotopic (exact) mass is 236 g/mol. The second-order valence-corrected chi connectivity index (χ2v) is 1.94. The molecule has 0 saturated carbocycles. The van der Waals surface area contributed by atoms with Gasteiger partial charge in [0.05, 0.1) is 11.1 Å². The molecule has 5 heteroatoms. The number of nitrogens with one attached hydrogen (secondary N) is 1. The van der Waals surface area contributed by atoms with Crippen molar-refractivity contribution in [1.29, 1.82) is 0 Å². The van der Waals surface area contributed by atoms with Crippen LogP contribution in [0.5, 0.6) is 0 Å². The zero-order chi connectivity index (χ0) is 8.27. The smallest absolute Gasteiger partial charge is 0.629 e. The van der Waals surface area contributed by atoms with Crippen molar-refractivity contribution in [2.75, 3.05) is 7.05 Å². The van der Waals surface area contributed by atoms with Gasteiger partial charge < -0.3 is 15.1 Å². The SMILES string of the molecule is CNC(=O)c1ccc[n-]c1=O.[Rb+]. The number of pyridine rings is 1. The van der Waals surface area contributed by atoms with E-state index in [0.717, 1.165) is 0 Å². The summed E-state index contributed by atoms with van der Waals surface area (Å²) in [5, 5.41) is 2.34. The van der Waals surface area contributed by atoms with E-state index in [1.807, 2.05) is 0 Å². The second-order valence-electron chi connectivity index (χ2n) is 1.94. The summed E-state index contributed by atoms with van der Waals surface area (Å²) >= 11 is 0. The number of nitrogens with zero attached hydrogens (tertiary/aromatic N) is 1. The van der Waals surface area contributed by atoms with Crippen LogP contribution in [0.2, 0.25) is 0 Å². The zero-order valence-electron chi connectivity index (χ0n) is 7.00. The molecule has 0 aliphatic rings. The van der Waals surface area contributed by atoms with Crippen LogP contribution < -0.4 is 74.0 Å². The molecule has 1 aromatic rings. The third-order valence-corrected chi connectivity index (χ3v) is 1.24. The third-order valence-electron chi connectivity index (χ3n) is 1.24. The van der Waals surface area contributed by atoms with Crippen molar-refractivity contribution in [3.8, 4) is 0 Å².